The molecule has 0 saturated carbocycles. The molecule has 0 radical (unpaired) electrons. The van der Waals surface area contributed by atoms with E-state index in [2.05, 4.69) is 24.0 Å². The number of fused-ring (bicyclic) bond motifs is 2. The van der Waals surface area contributed by atoms with Gasteiger partial charge in [0.25, 0.3) is 5.91 Å². The van der Waals surface area contributed by atoms with Gasteiger partial charge in [0, 0.05) is 30.7 Å². The minimum absolute atomic E-state index is 0.185. The first-order valence-electron chi connectivity index (χ1n) is 14.9. The Labute approximate surface area is 270 Å². The van der Waals surface area contributed by atoms with Gasteiger partial charge in [-0.3, -0.25) is 9.36 Å². The SMILES string of the molecule is C[S@](=NC(=O)c1ccc(-c2nc3c(cc2Cl)nc(O[C@@H]2CO[C@H]4[C@@H]2OC[C@H]4O)n3COCC[Si](C)(C)C)cc1)c1ccccc1. The van der Waals surface area contributed by atoms with Crippen LogP contribution in [0.4, 0.5) is 0 Å². The number of aliphatic hydroxyl groups is 1. The van der Waals surface area contributed by atoms with E-state index >= 15 is 0 Å². The zero-order chi connectivity index (χ0) is 31.7. The van der Waals surface area contributed by atoms with Crippen LogP contribution < -0.4 is 4.74 Å². The molecule has 10 nitrogen and oxygen atoms in total. The highest BCUT2D eigenvalue weighted by molar-refractivity contribution is 7.87. The van der Waals surface area contributed by atoms with Gasteiger partial charge in [0.05, 0.1) is 23.9 Å². The molecular formula is C32H37ClN4O6SSi. The summed E-state index contributed by atoms with van der Waals surface area (Å²) >= 11 is 6.74. The Hall–Kier alpha value is -2.97. The molecule has 2 fully saturated rings. The van der Waals surface area contributed by atoms with Crippen LogP contribution in [0.15, 0.2) is 69.9 Å². The van der Waals surface area contributed by atoms with Crippen molar-refractivity contribution in [1.29, 1.82) is 0 Å². The molecule has 0 bridgehead atoms. The van der Waals surface area contributed by atoms with Crippen molar-refractivity contribution in [3.05, 3.63) is 71.2 Å². The van der Waals surface area contributed by atoms with Gasteiger partial charge in [0.15, 0.2) is 11.8 Å². The molecule has 4 heterocycles. The molecule has 1 N–H and O–H groups in total. The number of pyridine rings is 1. The van der Waals surface area contributed by atoms with Gasteiger partial charge in [-0.1, -0.05) is 72.3 Å². The minimum Gasteiger partial charge on any atom is -0.456 e. The van der Waals surface area contributed by atoms with E-state index in [1.807, 2.05) is 48.7 Å². The van der Waals surface area contributed by atoms with E-state index in [1.54, 1.807) is 22.8 Å². The Kier molecular flexibility index (Phi) is 9.53. The van der Waals surface area contributed by atoms with Crippen molar-refractivity contribution >= 4 is 47.4 Å². The molecule has 2 aliphatic heterocycles. The topological polar surface area (TPSA) is 117 Å². The number of imidazole rings is 1. The molecule has 2 saturated heterocycles. The molecule has 2 aromatic carbocycles. The second-order valence-electron chi connectivity index (χ2n) is 12.4. The normalized spacial score (nSPS) is 22.2. The fraction of sp³-hybridized carbons (Fsp3) is 0.406. The third-order valence-electron chi connectivity index (χ3n) is 7.80. The van der Waals surface area contributed by atoms with Crippen molar-refractivity contribution in [2.75, 3.05) is 26.1 Å². The summed E-state index contributed by atoms with van der Waals surface area (Å²) in [5.41, 5.74) is 2.87. The molecule has 0 aliphatic carbocycles. The predicted molar refractivity (Wildman–Crippen MR) is 177 cm³/mol. The molecule has 13 heteroatoms. The molecule has 1 amide bonds. The molecule has 0 unspecified atom stereocenters. The molecule has 4 aromatic rings. The Morgan fingerprint density at radius 3 is 2.56 bits per heavy atom. The van der Waals surface area contributed by atoms with Crippen LogP contribution in [0.25, 0.3) is 22.4 Å². The molecule has 6 rings (SSSR count). The fourth-order valence-corrected chi connectivity index (χ4v) is 7.27. The number of nitrogens with zero attached hydrogens (tertiary/aromatic N) is 4. The maximum Gasteiger partial charge on any atom is 0.301 e. The number of hydrogen-bond acceptors (Lipinski definition) is 8. The molecular weight excluding hydrogens is 632 g/mol. The highest BCUT2D eigenvalue weighted by Gasteiger charge is 2.49. The summed E-state index contributed by atoms with van der Waals surface area (Å²) in [7, 11) is -1.86. The first-order chi connectivity index (χ1) is 21.6. The van der Waals surface area contributed by atoms with E-state index in [0.29, 0.717) is 40.1 Å². The van der Waals surface area contributed by atoms with Crippen LogP contribution in [-0.2, 0) is 31.6 Å². The van der Waals surface area contributed by atoms with Crippen molar-refractivity contribution in [1.82, 2.24) is 14.5 Å². The van der Waals surface area contributed by atoms with Crippen LogP contribution in [-0.4, -0.2) is 84.1 Å². The van der Waals surface area contributed by atoms with Crippen molar-refractivity contribution in [3.63, 3.8) is 0 Å². The van der Waals surface area contributed by atoms with Crippen molar-refractivity contribution in [3.8, 4) is 17.3 Å². The van der Waals surface area contributed by atoms with E-state index in [-0.39, 0.29) is 25.9 Å². The van der Waals surface area contributed by atoms with E-state index in [0.717, 1.165) is 16.5 Å². The minimum atomic E-state index is -1.30. The summed E-state index contributed by atoms with van der Waals surface area (Å²) in [6.07, 6.45) is -0.0146. The number of carbonyl (C=O) groups is 1. The van der Waals surface area contributed by atoms with Gasteiger partial charge in [-0.05, 0) is 42.6 Å². The molecule has 45 heavy (non-hydrogen) atoms. The highest BCUT2D eigenvalue weighted by atomic mass is 35.5. The van der Waals surface area contributed by atoms with Gasteiger partial charge in [-0.25, -0.2) is 4.98 Å². The fourth-order valence-electron chi connectivity index (χ4n) is 5.25. The number of carbonyl (C=O) groups excluding carboxylic acids is 1. The summed E-state index contributed by atoms with van der Waals surface area (Å²) in [5, 5.41) is 10.6. The highest BCUT2D eigenvalue weighted by Crippen LogP contribution is 2.34. The Bertz CT molecular complexity index is 1710. The smallest absolute Gasteiger partial charge is 0.301 e. The van der Waals surface area contributed by atoms with E-state index in [4.69, 9.17) is 40.5 Å². The zero-order valence-electron chi connectivity index (χ0n) is 25.7. The van der Waals surface area contributed by atoms with Gasteiger partial charge in [-0.15, -0.1) is 0 Å². The summed E-state index contributed by atoms with van der Waals surface area (Å²) in [6, 6.07) is 20.0. The Balaban J connectivity index is 1.28. The van der Waals surface area contributed by atoms with E-state index in [9.17, 15) is 9.90 Å². The Morgan fingerprint density at radius 1 is 1.09 bits per heavy atom. The summed E-state index contributed by atoms with van der Waals surface area (Å²) in [4.78, 5) is 23.5. The van der Waals surface area contributed by atoms with Crippen LogP contribution in [0.1, 0.15) is 10.4 Å². The number of aliphatic hydroxyl groups excluding tert-OH is 1. The van der Waals surface area contributed by atoms with Crippen molar-refractivity contribution < 1.29 is 28.8 Å². The molecule has 238 valence electrons. The standard InChI is InChI=1S/C32H37ClN4O6SSi/c1-44(22-8-6-5-7-9-22)36-31(39)21-12-10-20(11-13-21)27-23(33)16-24-30(35-27)37(19-40-14-15-45(2,3)4)32(34-24)43-26-18-42-28-25(38)17-41-29(26)28/h5-13,16,25-26,28-29,38H,14-15,17-19H2,1-4H3/t25-,26-,28-,29-,44+/m1/s1. The van der Waals surface area contributed by atoms with Gasteiger partial charge in [0.2, 0.25) is 0 Å². The number of amides is 1. The quantitative estimate of drug-likeness (QED) is 0.171. The van der Waals surface area contributed by atoms with Crippen LogP contribution in [0.5, 0.6) is 6.01 Å². The average Bonchev–Trinajstić information content (AvgIpc) is 3.69. The number of benzene rings is 2. The second-order valence-corrected chi connectivity index (χ2v) is 20.1. The number of rotatable bonds is 10. The maximum absolute atomic E-state index is 12.9. The summed E-state index contributed by atoms with van der Waals surface area (Å²) in [5.74, 6) is -0.280. The summed E-state index contributed by atoms with van der Waals surface area (Å²) in [6.45, 7) is 8.17. The van der Waals surface area contributed by atoms with Crippen LogP contribution >= 0.6 is 11.6 Å². The summed E-state index contributed by atoms with van der Waals surface area (Å²) < 4.78 is 30.1. The maximum atomic E-state index is 12.9. The number of aromatic nitrogens is 3. The van der Waals surface area contributed by atoms with Crippen molar-refractivity contribution in [2.24, 2.45) is 4.36 Å². The lowest BCUT2D eigenvalue weighted by Gasteiger charge is -2.19. The predicted octanol–water partition coefficient (Wildman–Crippen LogP) is 5.60. The van der Waals surface area contributed by atoms with Crippen LogP contribution in [0.2, 0.25) is 30.7 Å². The zero-order valence-corrected chi connectivity index (χ0v) is 28.3. The van der Waals surface area contributed by atoms with Gasteiger partial charge < -0.3 is 24.1 Å². The second kappa shape index (κ2) is 13.4. The van der Waals surface area contributed by atoms with Gasteiger partial charge in [-0.2, -0.15) is 9.35 Å². The van der Waals surface area contributed by atoms with Gasteiger partial charge in [0.1, 0.15) is 30.6 Å². The number of ether oxygens (including phenoxy) is 4. The first-order valence-corrected chi connectivity index (χ1v) is 20.5. The lowest BCUT2D eigenvalue weighted by Crippen LogP contribution is -2.35. The van der Waals surface area contributed by atoms with E-state index < -0.39 is 43.2 Å². The lowest BCUT2D eigenvalue weighted by atomic mass is 10.1. The Morgan fingerprint density at radius 2 is 1.82 bits per heavy atom. The first kappa shape index (κ1) is 32.0. The third-order valence-corrected chi connectivity index (χ3v) is 11.2. The third kappa shape index (κ3) is 7.22. The van der Waals surface area contributed by atoms with Crippen molar-refractivity contribution in [2.45, 2.75) is 61.7 Å². The van der Waals surface area contributed by atoms with Gasteiger partial charge >= 0.3 is 6.01 Å². The molecule has 0 spiro atoms. The number of halogens is 1. The van der Waals surface area contributed by atoms with E-state index in [1.165, 1.54) is 0 Å². The molecule has 5 atom stereocenters. The molecule has 2 aliphatic rings. The average molecular weight is 669 g/mol. The monoisotopic (exact) mass is 668 g/mol. The van der Waals surface area contributed by atoms with Crippen LogP contribution in [0, 0.1) is 0 Å². The van der Waals surface area contributed by atoms with Crippen LogP contribution in [0.3, 0.4) is 0 Å². The number of hydrogen-bond donors (Lipinski definition) is 1. The molecule has 2 aromatic heterocycles. The largest absolute Gasteiger partial charge is 0.456 e. The lowest BCUT2D eigenvalue weighted by molar-refractivity contribution is 0.00336.